The van der Waals surface area contributed by atoms with E-state index in [0.29, 0.717) is 17.6 Å². The Balaban J connectivity index is 0. The van der Waals surface area contributed by atoms with E-state index in [2.05, 4.69) is 16.2 Å². The predicted molar refractivity (Wildman–Crippen MR) is 88.2 cm³/mol. The maximum Gasteiger partial charge on any atom is 0.333 e. The molecule has 0 unspecified atom stereocenters. The Labute approximate surface area is 133 Å². The van der Waals surface area contributed by atoms with E-state index in [-0.39, 0.29) is 19.1 Å². The van der Waals surface area contributed by atoms with Crippen LogP contribution < -0.4 is 5.73 Å². The van der Waals surface area contributed by atoms with Gasteiger partial charge in [0.25, 0.3) is 0 Å². The van der Waals surface area contributed by atoms with Crippen molar-refractivity contribution < 1.29 is 19.4 Å². The summed E-state index contributed by atoms with van der Waals surface area (Å²) in [6, 6.07) is 0. The third-order valence-corrected chi connectivity index (χ3v) is 2.53. The zero-order valence-electron chi connectivity index (χ0n) is 14.2. The highest BCUT2D eigenvalue weighted by atomic mass is 16.5. The maximum absolute atomic E-state index is 10.6. The van der Waals surface area contributed by atoms with Gasteiger partial charge >= 0.3 is 5.97 Å². The average molecular weight is 314 g/mol. The van der Waals surface area contributed by atoms with E-state index in [1.54, 1.807) is 13.8 Å². The summed E-state index contributed by atoms with van der Waals surface area (Å²) in [6.07, 6.45) is 4.37. The van der Waals surface area contributed by atoms with Gasteiger partial charge in [0.05, 0.1) is 6.61 Å². The molecule has 6 nitrogen and oxygen atoms in total. The van der Waals surface area contributed by atoms with E-state index in [9.17, 15) is 9.59 Å². The number of nitrogens with two attached hydrogens (primary N) is 1. The summed E-state index contributed by atoms with van der Waals surface area (Å²) in [5.74, 6) is -0.715. The van der Waals surface area contributed by atoms with Gasteiger partial charge in [0.15, 0.2) is 0 Å². The van der Waals surface area contributed by atoms with Gasteiger partial charge < -0.3 is 20.5 Å². The van der Waals surface area contributed by atoms with Crippen LogP contribution in [-0.2, 0) is 14.3 Å². The van der Waals surface area contributed by atoms with Gasteiger partial charge in [0.1, 0.15) is 0 Å². The molecule has 22 heavy (non-hydrogen) atoms. The number of hydrogen-bond acceptors (Lipinski definition) is 5. The third-order valence-electron chi connectivity index (χ3n) is 2.53. The summed E-state index contributed by atoms with van der Waals surface area (Å²) in [6.45, 7) is 8.08. The van der Waals surface area contributed by atoms with Crippen LogP contribution in [0.25, 0.3) is 0 Å². The van der Waals surface area contributed by atoms with Crippen LogP contribution in [0.15, 0.2) is 23.8 Å². The first-order chi connectivity index (χ1) is 10.2. The molecule has 0 saturated heterocycles. The molecule has 0 aromatic heterocycles. The Morgan fingerprint density at radius 3 is 2.27 bits per heavy atom. The van der Waals surface area contributed by atoms with Crippen molar-refractivity contribution in [1.82, 2.24) is 4.90 Å². The number of carbonyl (C=O) groups is 2. The second-order valence-electron chi connectivity index (χ2n) is 5.19. The highest BCUT2D eigenvalue weighted by molar-refractivity contribution is 5.91. The molecule has 0 radical (unpaired) electrons. The molecule has 0 fully saturated rings. The number of nitrogens with zero attached hydrogens (tertiary/aromatic N) is 1. The van der Waals surface area contributed by atoms with E-state index in [1.807, 2.05) is 20.2 Å². The first kappa shape index (κ1) is 22.6. The number of rotatable bonds is 9. The van der Waals surface area contributed by atoms with E-state index >= 15 is 0 Å². The van der Waals surface area contributed by atoms with Crippen molar-refractivity contribution >= 4 is 11.9 Å². The fourth-order valence-corrected chi connectivity index (χ4v) is 1.18. The van der Waals surface area contributed by atoms with E-state index in [4.69, 9.17) is 10.8 Å². The van der Waals surface area contributed by atoms with Crippen LogP contribution in [-0.4, -0.2) is 55.7 Å². The minimum Gasteiger partial charge on any atom is -0.462 e. The van der Waals surface area contributed by atoms with Gasteiger partial charge in [-0.2, -0.15) is 0 Å². The van der Waals surface area contributed by atoms with Gasteiger partial charge in [-0.25, -0.2) is 4.79 Å². The van der Waals surface area contributed by atoms with Gasteiger partial charge in [-0.05, 0) is 47.3 Å². The molecule has 0 bridgehead atoms. The number of allylic oxidation sites excluding steroid dienone is 1. The molecule has 0 spiro atoms. The van der Waals surface area contributed by atoms with Crippen LogP contribution >= 0.6 is 0 Å². The van der Waals surface area contributed by atoms with Crippen LogP contribution in [0.3, 0.4) is 0 Å². The quantitative estimate of drug-likeness (QED) is 0.379. The molecular formula is C16H30N2O4. The number of esters is 1. The van der Waals surface area contributed by atoms with Crippen LogP contribution in [0.1, 0.15) is 33.1 Å². The van der Waals surface area contributed by atoms with Crippen molar-refractivity contribution in [3.05, 3.63) is 23.8 Å². The number of primary amides is 1. The van der Waals surface area contributed by atoms with E-state index in [1.165, 1.54) is 0 Å². The smallest absolute Gasteiger partial charge is 0.333 e. The molecule has 0 atom stereocenters. The molecule has 0 rings (SSSR count). The second kappa shape index (κ2) is 14.3. The van der Waals surface area contributed by atoms with Gasteiger partial charge in [0, 0.05) is 24.2 Å². The number of unbranched alkanes of at least 4 members (excludes halogenated alkanes) is 1. The molecule has 6 heteroatoms. The molecule has 1 amide bonds. The largest absolute Gasteiger partial charge is 0.462 e. The Morgan fingerprint density at radius 2 is 1.86 bits per heavy atom. The molecule has 0 aromatic rings. The molecular weight excluding hydrogens is 284 g/mol. The fourth-order valence-electron chi connectivity index (χ4n) is 1.18. The molecule has 128 valence electrons. The van der Waals surface area contributed by atoms with Gasteiger partial charge in [-0.1, -0.05) is 12.7 Å². The SMILES string of the molecule is C=C(C)C(=O)OCCCO.CC(=CCCCN(C)C)C(N)=O. The Bertz CT molecular complexity index is 376. The minimum absolute atomic E-state index is 0.0451. The maximum atomic E-state index is 10.6. The van der Waals surface area contributed by atoms with Crippen molar-refractivity contribution in [2.24, 2.45) is 5.73 Å². The van der Waals surface area contributed by atoms with Gasteiger partial charge in [-0.15, -0.1) is 0 Å². The lowest BCUT2D eigenvalue weighted by atomic mass is 10.2. The molecule has 0 aromatic carbocycles. The summed E-state index contributed by atoms with van der Waals surface area (Å²) < 4.78 is 4.65. The van der Waals surface area contributed by atoms with E-state index < -0.39 is 5.97 Å². The van der Waals surface area contributed by atoms with Crippen LogP contribution in [0, 0.1) is 0 Å². The van der Waals surface area contributed by atoms with Crippen LogP contribution in [0.4, 0.5) is 0 Å². The standard InChI is InChI=1S/C9H18N2O.C7H12O3/c1-8(9(10)12)6-4-5-7-11(2)3;1-6(2)7(9)10-5-3-4-8/h6H,4-5,7H2,1-3H3,(H2,10,12);8H,1,3-5H2,2H3. The number of ether oxygens (including phenoxy) is 1. The van der Waals surface area contributed by atoms with Gasteiger partial charge in [0.2, 0.25) is 5.91 Å². The number of hydrogen-bond donors (Lipinski definition) is 2. The Morgan fingerprint density at radius 1 is 1.27 bits per heavy atom. The van der Waals surface area contributed by atoms with Crippen LogP contribution in [0.5, 0.6) is 0 Å². The molecule has 0 aliphatic carbocycles. The first-order valence-electron chi connectivity index (χ1n) is 7.27. The lowest BCUT2D eigenvalue weighted by Crippen LogP contribution is -2.13. The van der Waals surface area contributed by atoms with E-state index in [0.717, 1.165) is 19.4 Å². The number of amides is 1. The zero-order valence-corrected chi connectivity index (χ0v) is 14.2. The number of aliphatic hydroxyl groups is 1. The van der Waals surface area contributed by atoms with Crippen molar-refractivity contribution in [3.8, 4) is 0 Å². The second-order valence-corrected chi connectivity index (χ2v) is 5.19. The third kappa shape index (κ3) is 16.4. The first-order valence-corrected chi connectivity index (χ1v) is 7.27. The Kier molecular flexibility index (Phi) is 14.7. The van der Waals surface area contributed by atoms with Crippen molar-refractivity contribution in [2.45, 2.75) is 33.1 Å². The molecule has 0 aliphatic heterocycles. The van der Waals surface area contributed by atoms with Gasteiger partial charge in [-0.3, -0.25) is 4.79 Å². The highest BCUT2D eigenvalue weighted by Gasteiger charge is 2.00. The lowest BCUT2D eigenvalue weighted by molar-refractivity contribution is -0.139. The summed E-state index contributed by atoms with van der Waals surface area (Å²) >= 11 is 0. The topological polar surface area (TPSA) is 92.9 Å². The molecule has 0 heterocycles. The van der Waals surface area contributed by atoms with Crippen molar-refractivity contribution in [3.63, 3.8) is 0 Å². The highest BCUT2D eigenvalue weighted by Crippen LogP contribution is 1.98. The predicted octanol–water partition coefficient (Wildman–Crippen LogP) is 1.25. The summed E-state index contributed by atoms with van der Waals surface area (Å²) in [7, 11) is 4.06. The van der Waals surface area contributed by atoms with Crippen molar-refractivity contribution in [1.29, 1.82) is 0 Å². The zero-order chi connectivity index (χ0) is 17.5. The molecule has 0 saturated carbocycles. The number of aliphatic hydroxyl groups excluding tert-OH is 1. The summed E-state index contributed by atoms with van der Waals surface area (Å²) in [4.78, 5) is 23.3. The number of carbonyl (C=O) groups excluding carboxylic acids is 2. The average Bonchev–Trinajstić information content (AvgIpc) is 2.43. The minimum atomic E-state index is -0.395. The fraction of sp³-hybridized carbons (Fsp3) is 0.625. The van der Waals surface area contributed by atoms with Crippen molar-refractivity contribution in [2.75, 3.05) is 33.9 Å². The van der Waals surface area contributed by atoms with Crippen LogP contribution in [0.2, 0.25) is 0 Å². The lowest BCUT2D eigenvalue weighted by Gasteiger charge is -2.06. The normalized spacial score (nSPS) is 10.7. The summed E-state index contributed by atoms with van der Waals surface area (Å²) in [5, 5.41) is 8.30. The molecule has 3 N–H and O–H groups in total. The Hall–Kier alpha value is -1.66. The molecule has 0 aliphatic rings. The summed E-state index contributed by atoms with van der Waals surface area (Å²) in [5.41, 5.74) is 6.11. The monoisotopic (exact) mass is 314 g/mol.